The molecular weight excluding hydrogens is 393 g/mol. The van der Waals surface area contributed by atoms with Crippen LogP contribution in [0.3, 0.4) is 0 Å². The van der Waals surface area contributed by atoms with Crippen molar-refractivity contribution in [3.05, 3.63) is 12.2 Å². The maximum Gasteiger partial charge on any atom is 0.469 e. The third-order valence-corrected chi connectivity index (χ3v) is 4.87. The summed E-state index contributed by atoms with van der Waals surface area (Å²) >= 11 is 0. The molecule has 0 aliphatic carbocycles. The van der Waals surface area contributed by atoms with E-state index in [9.17, 15) is 4.57 Å². The molecule has 2 aliphatic rings. The Labute approximate surface area is 159 Å². The van der Waals surface area contributed by atoms with Gasteiger partial charge in [0.15, 0.2) is 23.5 Å². The van der Waals surface area contributed by atoms with E-state index in [1.165, 1.54) is 6.33 Å². The lowest BCUT2D eigenvalue weighted by atomic mass is 10.1. The second kappa shape index (κ2) is 6.47. The molecule has 12 nitrogen and oxygen atoms in total. The van der Waals surface area contributed by atoms with Gasteiger partial charge in [0, 0.05) is 0 Å². The number of hydrogen-bond donors (Lipinski definition) is 3. The number of nitrogen functional groups attached to an aromatic ring is 1. The van der Waals surface area contributed by atoms with Crippen LogP contribution in [-0.2, 0) is 23.3 Å². The molecule has 4 N–H and O–H groups in total. The van der Waals surface area contributed by atoms with E-state index in [-0.39, 0.29) is 18.2 Å². The molecule has 0 amide bonds. The van der Waals surface area contributed by atoms with Crippen LogP contribution in [0, 0.1) is 12.3 Å². The summed E-state index contributed by atoms with van der Waals surface area (Å²) in [6.07, 6.45) is 4.04. The van der Waals surface area contributed by atoms with Crippen LogP contribution in [0.25, 0.3) is 11.2 Å². The molecular formula is C15H18N5O7P. The second-order valence-electron chi connectivity index (χ2n) is 6.82. The number of rotatable bonds is 4. The van der Waals surface area contributed by atoms with Crippen molar-refractivity contribution in [2.45, 2.75) is 44.2 Å². The van der Waals surface area contributed by atoms with E-state index in [1.54, 1.807) is 18.4 Å². The van der Waals surface area contributed by atoms with Gasteiger partial charge in [-0.25, -0.2) is 19.5 Å². The molecule has 0 unspecified atom stereocenters. The van der Waals surface area contributed by atoms with Gasteiger partial charge in [-0.15, -0.1) is 6.42 Å². The third-order valence-electron chi connectivity index (χ3n) is 4.38. The number of phosphoric acid groups is 1. The SMILES string of the molecule is C#Cc1nc(N)c2ncn([C@@H]3O[C@H](COP(=O)(O)O)[C@H]4OC(C)(C)O[C@H]43)c2n1. The predicted octanol–water partition coefficient (Wildman–Crippen LogP) is -0.0834. The molecule has 2 aliphatic heterocycles. The number of imidazole rings is 1. The van der Waals surface area contributed by atoms with Gasteiger partial charge >= 0.3 is 7.82 Å². The number of hydrogen-bond acceptors (Lipinski definition) is 9. The van der Waals surface area contributed by atoms with Crippen molar-refractivity contribution in [2.75, 3.05) is 12.3 Å². The Morgan fingerprint density at radius 3 is 2.79 bits per heavy atom. The Morgan fingerprint density at radius 1 is 1.39 bits per heavy atom. The van der Waals surface area contributed by atoms with Crippen molar-refractivity contribution < 1.29 is 33.1 Å². The molecule has 4 heterocycles. The quantitative estimate of drug-likeness (QED) is 0.455. The Kier molecular flexibility index (Phi) is 4.44. The van der Waals surface area contributed by atoms with Crippen LogP contribution >= 0.6 is 7.82 Å². The minimum absolute atomic E-state index is 0.0894. The van der Waals surface area contributed by atoms with Crippen molar-refractivity contribution in [2.24, 2.45) is 0 Å². The molecule has 0 bridgehead atoms. The number of phosphoric ester groups is 1. The van der Waals surface area contributed by atoms with Gasteiger partial charge in [0.05, 0.1) is 12.9 Å². The Hall–Kier alpha value is -2.10. The largest absolute Gasteiger partial charge is 0.469 e. The molecule has 2 aromatic heterocycles. The lowest BCUT2D eigenvalue weighted by molar-refractivity contribution is -0.199. The Bertz CT molecular complexity index is 1010. The normalized spacial score (nSPS) is 29.1. The van der Waals surface area contributed by atoms with Crippen molar-refractivity contribution in [1.29, 1.82) is 0 Å². The van der Waals surface area contributed by atoms with Crippen LogP contribution in [0.5, 0.6) is 0 Å². The first-order valence-electron chi connectivity index (χ1n) is 8.26. The lowest BCUT2D eigenvalue weighted by Gasteiger charge is -2.24. The zero-order valence-corrected chi connectivity index (χ0v) is 15.8. The molecule has 2 aromatic rings. The summed E-state index contributed by atoms with van der Waals surface area (Å²) in [6, 6.07) is 0. The van der Waals surface area contributed by atoms with E-state index >= 15 is 0 Å². The number of nitrogens with two attached hydrogens (primary N) is 1. The summed E-state index contributed by atoms with van der Waals surface area (Å²) in [6.45, 7) is 3.07. The molecule has 0 radical (unpaired) electrons. The van der Waals surface area contributed by atoms with Crippen LogP contribution in [0.15, 0.2) is 6.33 Å². The van der Waals surface area contributed by atoms with Gasteiger partial charge in [0.1, 0.15) is 23.8 Å². The van der Waals surface area contributed by atoms with E-state index < -0.39 is 38.1 Å². The Morgan fingerprint density at radius 2 is 2.11 bits per heavy atom. The summed E-state index contributed by atoms with van der Waals surface area (Å²) < 4.78 is 35.0. The third kappa shape index (κ3) is 3.38. The van der Waals surface area contributed by atoms with E-state index in [2.05, 4.69) is 25.4 Å². The smallest absolute Gasteiger partial charge is 0.382 e. The molecule has 0 aromatic carbocycles. The molecule has 4 rings (SSSR count). The molecule has 13 heteroatoms. The monoisotopic (exact) mass is 411 g/mol. The average molecular weight is 411 g/mol. The first-order valence-corrected chi connectivity index (χ1v) is 9.79. The van der Waals surface area contributed by atoms with Crippen LogP contribution in [-0.4, -0.2) is 60.0 Å². The molecule has 0 saturated carbocycles. The van der Waals surface area contributed by atoms with Crippen LogP contribution in [0.2, 0.25) is 0 Å². The minimum Gasteiger partial charge on any atom is -0.382 e. The number of aromatic nitrogens is 4. The van der Waals surface area contributed by atoms with E-state index in [1.807, 2.05) is 0 Å². The minimum atomic E-state index is -4.68. The molecule has 4 atom stereocenters. The van der Waals surface area contributed by atoms with Gasteiger partial charge in [-0.1, -0.05) is 0 Å². The summed E-state index contributed by atoms with van der Waals surface area (Å²) in [5.41, 5.74) is 6.57. The number of terminal acetylenes is 1. The van der Waals surface area contributed by atoms with Gasteiger partial charge in [0.25, 0.3) is 0 Å². The van der Waals surface area contributed by atoms with E-state index in [0.29, 0.717) is 11.2 Å². The number of fused-ring (bicyclic) bond motifs is 2. The fourth-order valence-electron chi connectivity index (χ4n) is 3.38. The fourth-order valence-corrected chi connectivity index (χ4v) is 3.72. The van der Waals surface area contributed by atoms with Crippen molar-refractivity contribution in [1.82, 2.24) is 19.5 Å². The molecule has 2 fully saturated rings. The zero-order valence-electron chi connectivity index (χ0n) is 14.9. The summed E-state index contributed by atoms with van der Waals surface area (Å²) in [7, 11) is -4.68. The number of ether oxygens (including phenoxy) is 3. The highest BCUT2D eigenvalue weighted by Crippen LogP contribution is 2.45. The van der Waals surface area contributed by atoms with Crippen molar-refractivity contribution >= 4 is 24.8 Å². The predicted molar refractivity (Wildman–Crippen MR) is 93.4 cm³/mol. The van der Waals surface area contributed by atoms with Gasteiger partial charge in [-0.3, -0.25) is 9.09 Å². The summed E-state index contributed by atoms with van der Waals surface area (Å²) in [5, 5.41) is 0. The van der Waals surface area contributed by atoms with E-state index in [4.69, 9.17) is 36.2 Å². The highest BCUT2D eigenvalue weighted by molar-refractivity contribution is 7.46. The molecule has 28 heavy (non-hydrogen) atoms. The topological polar surface area (TPSA) is 164 Å². The van der Waals surface area contributed by atoms with E-state index in [0.717, 1.165) is 0 Å². The van der Waals surface area contributed by atoms with Crippen molar-refractivity contribution in [3.8, 4) is 12.3 Å². The van der Waals surface area contributed by atoms with Crippen LogP contribution in [0.4, 0.5) is 5.82 Å². The molecule has 150 valence electrons. The maximum atomic E-state index is 11.1. The number of nitrogens with zero attached hydrogens (tertiary/aromatic N) is 4. The fraction of sp³-hybridized carbons (Fsp3) is 0.533. The first kappa shape index (κ1) is 19.2. The Balaban J connectivity index is 1.71. The average Bonchev–Trinajstić information content (AvgIpc) is 3.23. The van der Waals surface area contributed by atoms with Crippen molar-refractivity contribution in [3.63, 3.8) is 0 Å². The van der Waals surface area contributed by atoms with Crippen LogP contribution in [0.1, 0.15) is 25.9 Å². The molecule has 0 spiro atoms. The van der Waals surface area contributed by atoms with Crippen LogP contribution < -0.4 is 5.73 Å². The van der Waals surface area contributed by atoms with Gasteiger partial charge in [-0.05, 0) is 19.8 Å². The highest BCUT2D eigenvalue weighted by Gasteiger charge is 2.56. The lowest BCUT2D eigenvalue weighted by Crippen LogP contribution is -2.32. The van der Waals surface area contributed by atoms with Gasteiger partial charge in [-0.2, -0.15) is 0 Å². The number of anilines is 1. The zero-order chi connectivity index (χ0) is 20.3. The van der Waals surface area contributed by atoms with Gasteiger partial charge in [0.2, 0.25) is 5.82 Å². The van der Waals surface area contributed by atoms with Gasteiger partial charge < -0.3 is 29.7 Å². The summed E-state index contributed by atoms with van der Waals surface area (Å²) in [5.74, 6) is 1.61. The molecule has 2 saturated heterocycles. The first-order chi connectivity index (χ1) is 13.1. The standard InChI is InChI=1S/C15H18N5O7P/c1-4-8-18-12(16)9-13(19-8)20(6-17-9)14-11-10(26-15(2,3)27-11)7(25-14)5-24-28(21,22)23/h1,6-7,10-11,14H,5H2,2-3H3,(H2,16,18,19)(H2,21,22,23)/t7-,10-,11-,14-/m1/s1. The maximum absolute atomic E-state index is 11.1. The highest BCUT2D eigenvalue weighted by atomic mass is 31.2. The second-order valence-corrected chi connectivity index (χ2v) is 8.06. The summed E-state index contributed by atoms with van der Waals surface area (Å²) in [4.78, 5) is 30.4.